The van der Waals surface area contributed by atoms with Gasteiger partial charge in [0.25, 0.3) is 0 Å². The molecule has 57 heavy (non-hydrogen) atoms. The maximum absolute atomic E-state index is 14.0. The lowest BCUT2D eigenvalue weighted by Gasteiger charge is -2.36. The number of halogens is 1. The normalized spacial score (nSPS) is 15.3. The molecule has 4 aromatic rings. The van der Waals surface area contributed by atoms with E-state index in [1.807, 2.05) is 46.7 Å². The summed E-state index contributed by atoms with van der Waals surface area (Å²) in [4.78, 5) is 60.9. The standard InChI is InChI=1S/C41H44ClN7O7S/c1-23(2)39(51)55-27(6)56-41(53)43-16-8-9-29-21-31(14-15-32(29)40(52)54-7)47-17-19-48(20-18-47)34(50)22-33-37-46-45-26(5)49(37)38-35(24(3)25(4)57-38)36(44-33)28-10-12-30(42)13-11-28/h10-15,21,23,27,33H,16-20,22H2,1-7H3,(H,43,53)/t27?,33-/m0/s1. The molecule has 1 fully saturated rings. The molecule has 2 aliphatic rings. The summed E-state index contributed by atoms with van der Waals surface area (Å²) in [5.74, 6) is 5.69. The highest BCUT2D eigenvalue weighted by molar-refractivity contribution is 7.15. The Morgan fingerprint density at radius 2 is 1.70 bits per heavy atom. The fourth-order valence-electron chi connectivity index (χ4n) is 6.53. The van der Waals surface area contributed by atoms with E-state index in [2.05, 4.69) is 46.1 Å². The number of esters is 2. The van der Waals surface area contributed by atoms with Crippen molar-refractivity contribution in [3.8, 4) is 16.8 Å². The van der Waals surface area contributed by atoms with Crippen LogP contribution in [0.25, 0.3) is 5.00 Å². The van der Waals surface area contributed by atoms with E-state index in [4.69, 9.17) is 30.8 Å². The number of thiophene rings is 1. The molecule has 1 unspecified atom stereocenters. The molecule has 16 heteroatoms. The molecule has 6 rings (SSSR count). The van der Waals surface area contributed by atoms with Crippen LogP contribution in [0.5, 0.6) is 0 Å². The quantitative estimate of drug-likeness (QED) is 0.122. The van der Waals surface area contributed by atoms with Crippen molar-refractivity contribution in [2.24, 2.45) is 10.9 Å². The molecule has 2 aromatic carbocycles. The highest BCUT2D eigenvalue weighted by Gasteiger charge is 2.34. The molecule has 2 atom stereocenters. The predicted molar refractivity (Wildman–Crippen MR) is 216 cm³/mol. The average molecular weight is 814 g/mol. The molecular formula is C41H44ClN7O7S. The van der Waals surface area contributed by atoms with E-state index in [0.717, 1.165) is 38.9 Å². The van der Waals surface area contributed by atoms with Gasteiger partial charge in [-0.15, -0.1) is 21.5 Å². The molecule has 2 amide bonds. The number of carbonyl (C=O) groups excluding carboxylic acids is 4. The number of alkyl carbamates (subject to hydrolysis) is 1. The first kappa shape index (κ1) is 40.9. The van der Waals surface area contributed by atoms with Crippen molar-refractivity contribution in [2.75, 3.05) is 44.7 Å². The summed E-state index contributed by atoms with van der Waals surface area (Å²) in [7, 11) is 1.29. The Hall–Kier alpha value is -5.72. The number of aryl methyl sites for hydroxylation is 2. The zero-order chi connectivity index (χ0) is 41.0. The van der Waals surface area contributed by atoms with Crippen molar-refractivity contribution in [3.63, 3.8) is 0 Å². The summed E-state index contributed by atoms with van der Waals surface area (Å²) < 4.78 is 17.1. The number of piperazine rings is 1. The van der Waals surface area contributed by atoms with Crippen LogP contribution in [0.15, 0.2) is 47.5 Å². The number of aliphatic imine (C=N–C) groups is 1. The van der Waals surface area contributed by atoms with Crippen LogP contribution in [-0.4, -0.2) is 95.4 Å². The minimum absolute atomic E-state index is 0.0460. The summed E-state index contributed by atoms with van der Waals surface area (Å²) >= 11 is 7.92. The van der Waals surface area contributed by atoms with Crippen molar-refractivity contribution < 1.29 is 33.4 Å². The molecule has 14 nitrogen and oxygen atoms in total. The van der Waals surface area contributed by atoms with E-state index in [-0.39, 0.29) is 30.4 Å². The Morgan fingerprint density at radius 3 is 2.39 bits per heavy atom. The minimum Gasteiger partial charge on any atom is -0.465 e. The third kappa shape index (κ3) is 9.13. The van der Waals surface area contributed by atoms with Crippen molar-refractivity contribution in [2.45, 2.75) is 60.3 Å². The maximum atomic E-state index is 14.0. The van der Waals surface area contributed by atoms with Crippen molar-refractivity contribution in [3.05, 3.63) is 91.8 Å². The number of nitrogens with one attached hydrogen (secondary N) is 1. The number of nitrogens with zero attached hydrogens (tertiary/aromatic N) is 6. The first-order chi connectivity index (χ1) is 27.2. The van der Waals surface area contributed by atoms with Gasteiger partial charge in [0.05, 0.1) is 37.3 Å². The highest BCUT2D eigenvalue weighted by Crippen LogP contribution is 2.40. The van der Waals surface area contributed by atoms with Crippen LogP contribution in [0, 0.1) is 38.5 Å². The van der Waals surface area contributed by atoms with E-state index in [1.165, 1.54) is 18.9 Å². The SMILES string of the molecule is COC(=O)c1ccc(N2CCN(C(=O)C[C@@H]3N=C(c4ccc(Cl)cc4)c4c(sc(C)c4C)-n4c(C)nnc43)CC2)cc1C#CCNC(=O)OC(C)OC(=O)C(C)C. The summed E-state index contributed by atoms with van der Waals surface area (Å²) in [6, 6.07) is 12.3. The van der Waals surface area contributed by atoms with Crippen LogP contribution in [0.3, 0.4) is 0 Å². The number of aromatic nitrogens is 3. The molecule has 2 aromatic heterocycles. The molecule has 1 saturated heterocycles. The van der Waals surface area contributed by atoms with E-state index in [9.17, 15) is 19.2 Å². The summed E-state index contributed by atoms with van der Waals surface area (Å²) in [6.07, 6.45) is -1.77. The fraction of sp³-hybridized carbons (Fsp3) is 0.390. The number of hydrogen-bond donors (Lipinski definition) is 1. The second-order valence-electron chi connectivity index (χ2n) is 13.9. The molecular weight excluding hydrogens is 770 g/mol. The first-order valence-corrected chi connectivity index (χ1v) is 19.7. The Morgan fingerprint density at radius 1 is 0.982 bits per heavy atom. The third-order valence-electron chi connectivity index (χ3n) is 9.70. The van der Waals surface area contributed by atoms with Crippen LogP contribution < -0.4 is 10.2 Å². The second-order valence-corrected chi connectivity index (χ2v) is 15.6. The lowest BCUT2D eigenvalue weighted by Crippen LogP contribution is -2.49. The molecule has 0 spiro atoms. The molecule has 0 radical (unpaired) electrons. The average Bonchev–Trinajstić information content (AvgIpc) is 3.67. The molecule has 2 aliphatic heterocycles. The second kappa shape index (κ2) is 17.6. The number of hydrogen-bond acceptors (Lipinski definition) is 12. The van der Waals surface area contributed by atoms with Crippen molar-refractivity contribution >= 4 is 58.3 Å². The molecule has 298 valence electrons. The monoisotopic (exact) mass is 813 g/mol. The van der Waals surface area contributed by atoms with E-state index in [1.54, 1.807) is 37.3 Å². The largest absolute Gasteiger partial charge is 0.465 e. The van der Waals surface area contributed by atoms with Crippen LogP contribution in [0.1, 0.15) is 82.4 Å². The zero-order valence-electron chi connectivity index (χ0n) is 32.8. The Kier molecular flexibility index (Phi) is 12.6. The Bertz CT molecular complexity index is 2280. The molecule has 0 saturated carbocycles. The maximum Gasteiger partial charge on any atom is 0.410 e. The van der Waals surface area contributed by atoms with E-state index >= 15 is 0 Å². The lowest BCUT2D eigenvalue weighted by atomic mass is 9.99. The van der Waals surface area contributed by atoms with Gasteiger partial charge in [-0.25, -0.2) is 9.59 Å². The number of rotatable bonds is 9. The van der Waals surface area contributed by atoms with Crippen molar-refractivity contribution in [1.82, 2.24) is 25.0 Å². The number of methoxy groups -OCH3 is 1. The topological polar surface area (TPSA) is 158 Å². The smallest absolute Gasteiger partial charge is 0.410 e. The van der Waals surface area contributed by atoms with Crippen LogP contribution in [0.2, 0.25) is 5.02 Å². The lowest BCUT2D eigenvalue weighted by molar-refractivity contribution is -0.168. The molecule has 4 heterocycles. The number of anilines is 1. The van der Waals surface area contributed by atoms with Gasteiger partial charge >= 0.3 is 18.0 Å². The number of benzene rings is 2. The fourth-order valence-corrected chi connectivity index (χ4v) is 7.87. The van der Waals surface area contributed by atoms with Gasteiger partial charge in [-0.1, -0.05) is 49.4 Å². The van der Waals surface area contributed by atoms with E-state index in [0.29, 0.717) is 42.6 Å². The predicted octanol–water partition coefficient (Wildman–Crippen LogP) is 5.95. The highest BCUT2D eigenvalue weighted by atomic mass is 35.5. The van der Waals surface area contributed by atoms with Gasteiger partial charge in [0.15, 0.2) is 5.82 Å². The zero-order valence-corrected chi connectivity index (χ0v) is 34.4. The number of carbonyl (C=O) groups is 4. The van der Waals surface area contributed by atoms with Gasteiger partial charge in [0.2, 0.25) is 12.2 Å². The van der Waals surface area contributed by atoms with Crippen LogP contribution in [-0.2, 0) is 23.8 Å². The van der Waals surface area contributed by atoms with Gasteiger partial charge in [0.1, 0.15) is 16.9 Å². The number of amides is 2. The van der Waals surface area contributed by atoms with Gasteiger partial charge in [-0.3, -0.25) is 19.1 Å². The Balaban J connectivity index is 1.14. The van der Waals surface area contributed by atoms with Crippen LogP contribution >= 0.6 is 22.9 Å². The van der Waals surface area contributed by atoms with Gasteiger partial charge in [-0.2, -0.15) is 0 Å². The minimum atomic E-state index is -1.07. The molecule has 0 aliphatic carbocycles. The van der Waals surface area contributed by atoms with Gasteiger partial charge in [0, 0.05) is 65.4 Å². The van der Waals surface area contributed by atoms with Gasteiger partial charge in [-0.05, 0) is 56.7 Å². The third-order valence-corrected chi connectivity index (χ3v) is 11.1. The number of fused-ring (bicyclic) bond motifs is 3. The Labute approximate surface area is 340 Å². The van der Waals surface area contributed by atoms with Gasteiger partial charge < -0.3 is 29.3 Å². The summed E-state index contributed by atoms with van der Waals surface area (Å²) in [5.41, 5.74) is 5.31. The summed E-state index contributed by atoms with van der Waals surface area (Å²) in [6.45, 7) is 12.8. The van der Waals surface area contributed by atoms with E-state index < -0.39 is 30.4 Å². The van der Waals surface area contributed by atoms with Crippen LogP contribution in [0.4, 0.5) is 10.5 Å². The molecule has 1 N–H and O–H groups in total. The molecule has 0 bridgehead atoms. The first-order valence-electron chi connectivity index (χ1n) is 18.5. The summed E-state index contributed by atoms with van der Waals surface area (Å²) in [5, 5.41) is 13.1. The van der Waals surface area contributed by atoms with Crippen molar-refractivity contribution in [1.29, 1.82) is 0 Å². The number of ether oxygens (including phenoxy) is 3.